The zero-order valence-corrected chi connectivity index (χ0v) is 18.6. The molecular formula is C29H28O2. The first-order chi connectivity index (χ1) is 14.7. The molecule has 1 aliphatic carbocycles. The van der Waals surface area contributed by atoms with Crippen LogP contribution in [0.2, 0.25) is 0 Å². The maximum atomic E-state index is 11.0. The number of aromatic carboxylic acids is 1. The molecule has 0 atom stereocenters. The Bertz CT molecular complexity index is 1190. The zero-order valence-electron chi connectivity index (χ0n) is 18.6. The highest BCUT2D eigenvalue weighted by atomic mass is 16.4. The van der Waals surface area contributed by atoms with Crippen LogP contribution in [0.15, 0.2) is 66.7 Å². The summed E-state index contributed by atoms with van der Waals surface area (Å²) < 4.78 is 0. The number of aryl methyl sites for hydroxylation is 2. The van der Waals surface area contributed by atoms with Gasteiger partial charge < -0.3 is 5.11 Å². The van der Waals surface area contributed by atoms with Crippen molar-refractivity contribution in [2.75, 3.05) is 0 Å². The minimum absolute atomic E-state index is 0.104. The van der Waals surface area contributed by atoms with Crippen LogP contribution in [0, 0.1) is 13.8 Å². The fraction of sp³-hybridized carbons (Fsp3) is 0.207. The fourth-order valence-electron chi connectivity index (χ4n) is 4.39. The molecule has 0 unspecified atom stereocenters. The fourth-order valence-corrected chi connectivity index (χ4v) is 4.39. The normalized spacial score (nSPS) is 14.9. The molecule has 0 saturated heterocycles. The van der Waals surface area contributed by atoms with Crippen LogP contribution in [0.1, 0.15) is 69.6 Å². The minimum Gasteiger partial charge on any atom is -0.478 e. The van der Waals surface area contributed by atoms with Crippen molar-refractivity contribution in [2.45, 2.75) is 39.5 Å². The molecule has 31 heavy (non-hydrogen) atoms. The van der Waals surface area contributed by atoms with Crippen LogP contribution in [0.25, 0.3) is 17.7 Å². The Morgan fingerprint density at radius 2 is 1.48 bits per heavy atom. The SMILES string of the molecule is Cc1cc(C)cc(C2=CCC(C)(C)c3ccc(C=Cc4ccc(C(=O)O)cc4)cc32)c1. The Morgan fingerprint density at radius 3 is 2.13 bits per heavy atom. The maximum absolute atomic E-state index is 11.0. The number of hydrogen-bond acceptors (Lipinski definition) is 1. The molecule has 0 radical (unpaired) electrons. The number of fused-ring (bicyclic) bond motifs is 1. The van der Waals surface area contributed by atoms with Gasteiger partial charge in [-0.3, -0.25) is 0 Å². The van der Waals surface area contributed by atoms with E-state index < -0.39 is 5.97 Å². The van der Waals surface area contributed by atoms with Crippen LogP contribution in [-0.4, -0.2) is 11.1 Å². The van der Waals surface area contributed by atoms with Gasteiger partial charge in [0, 0.05) is 0 Å². The standard InChI is InChI=1S/C29H28O2/c1-19-15-20(2)17-24(16-19)25-13-14-29(3,4)27-12-9-22(18-26(25)27)6-5-21-7-10-23(11-8-21)28(30)31/h5-13,15-18H,14H2,1-4H3,(H,30,31). The average Bonchev–Trinajstić information content (AvgIpc) is 2.71. The molecule has 156 valence electrons. The third-order valence-electron chi connectivity index (χ3n) is 6.04. The first-order valence-electron chi connectivity index (χ1n) is 10.7. The van der Waals surface area contributed by atoms with E-state index in [1.54, 1.807) is 12.1 Å². The summed E-state index contributed by atoms with van der Waals surface area (Å²) in [6.45, 7) is 8.92. The van der Waals surface area contributed by atoms with Gasteiger partial charge in [0.2, 0.25) is 0 Å². The Kier molecular flexibility index (Phi) is 5.41. The lowest BCUT2D eigenvalue weighted by Gasteiger charge is -2.32. The average molecular weight is 409 g/mol. The molecule has 0 amide bonds. The first-order valence-corrected chi connectivity index (χ1v) is 10.7. The topological polar surface area (TPSA) is 37.3 Å². The van der Waals surface area contributed by atoms with Crippen molar-refractivity contribution < 1.29 is 9.90 Å². The zero-order chi connectivity index (χ0) is 22.2. The van der Waals surface area contributed by atoms with Crippen molar-refractivity contribution in [3.8, 4) is 0 Å². The summed E-state index contributed by atoms with van der Waals surface area (Å²) in [5.41, 5.74) is 10.3. The minimum atomic E-state index is -0.904. The third-order valence-corrected chi connectivity index (χ3v) is 6.04. The second-order valence-electron chi connectivity index (χ2n) is 9.15. The van der Waals surface area contributed by atoms with Gasteiger partial charge in [-0.05, 0) is 77.3 Å². The van der Waals surface area contributed by atoms with Gasteiger partial charge in [0.15, 0.2) is 0 Å². The molecule has 4 rings (SSSR count). The summed E-state index contributed by atoms with van der Waals surface area (Å²) >= 11 is 0. The van der Waals surface area contributed by atoms with Gasteiger partial charge in [-0.1, -0.05) is 85.7 Å². The second-order valence-corrected chi connectivity index (χ2v) is 9.15. The van der Waals surface area contributed by atoms with Crippen LogP contribution >= 0.6 is 0 Å². The van der Waals surface area contributed by atoms with E-state index in [-0.39, 0.29) is 5.41 Å². The molecule has 1 aliphatic rings. The quantitative estimate of drug-likeness (QED) is 0.460. The van der Waals surface area contributed by atoms with Crippen molar-refractivity contribution in [1.82, 2.24) is 0 Å². The molecule has 2 heteroatoms. The van der Waals surface area contributed by atoms with Gasteiger partial charge in [0.25, 0.3) is 0 Å². The van der Waals surface area contributed by atoms with E-state index in [9.17, 15) is 4.79 Å². The molecule has 0 aliphatic heterocycles. The molecule has 3 aromatic rings. The molecule has 0 spiro atoms. The van der Waals surface area contributed by atoms with Crippen molar-refractivity contribution in [3.05, 3.63) is 111 Å². The monoisotopic (exact) mass is 408 g/mol. The molecule has 0 saturated carbocycles. The lowest BCUT2D eigenvalue weighted by Crippen LogP contribution is -2.22. The Hall–Kier alpha value is -3.39. The number of carbonyl (C=O) groups is 1. The number of benzene rings is 3. The van der Waals surface area contributed by atoms with E-state index in [1.165, 1.54) is 33.4 Å². The molecule has 0 fully saturated rings. The second kappa shape index (κ2) is 8.03. The van der Waals surface area contributed by atoms with E-state index in [0.29, 0.717) is 5.56 Å². The van der Waals surface area contributed by atoms with Gasteiger partial charge >= 0.3 is 5.97 Å². The van der Waals surface area contributed by atoms with E-state index in [4.69, 9.17) is 5.11 Å². The first kappa shape index (κ1) is 20.9. The highest BCUT2D eigenvalue weighted by Crippen LogP contribution is 2.42. The Morgan fingerprint density at radius 1 is 0.871 bits per heavy atom. The molecule has 0 bridgehead atoms. The number of hydrogen-bond donors (Lipinski definition) is 1. The van der Waals surface area contributed by atoms with E-state index >= 15 is 0 Å². The summed E-state index contributed by atoms with van der Waals surface area (Å²) in [6.07, 6.45) is 7.53. The maximum Gasteiger partial charge on any atom is 0.335 e. The number of allylic oxidation sites excluding steroid dienone is 1. The predicted molar refractivity (Wildman–Crippen MR) is 129 cm³/mol. The van der Waals surface area contributed by atoms with Gasteiger partial charge in [0.05, 0.1) is 5.56 Å². The number of carboxylic acid groups (broad SMARTS) is 1. The van der Waals surface area contributed by atoms with Crippen molar-refractivity contribution in [2.24, 2.45) is 0 Å². The lowest BCUT2D eigenvalue weighted by molar-refractivity contribution is 0.0697. The van der Waals surface area contributed by atoms with E-state index in [2.05, 4.69) is 76.2 Å². The van der Waals surface area contributed by atoms with Crippen LogP contribution in [0.5, 0.6) is 0 Å². The number of carboxylic acids is 1. The molecule has 3 aromatic carbocycles. The lowest BCUT2D eigenvalue weighted by atomic mass is 9.71. The van der Waals surface area contributed by atoms with Crippen molar-refractivity contribution in [3.63, 3.8) is 0 Å². The van der Waals surface area contributed by atoms with Crippen molar-refractivity contribution in [1.29, 1.82) is 0 Å². The van der Waals surface area contributed by atoms with E-state index in [0.717, 1.165) is 17.5 Å². The molecule has 1 N–H and O–H groups in total. The van der Waals surface area contributed by atoms with E-state index in [1.807, 2.05) is 18.2 Å². The molecule has 2 nitrogen and oxygen atoms in total. The Balaban J connectivity index is 1.72. The molecular weight excluding hydrogens is 380 g/mol. The summed E-state index contributed by atoms with van der Waals surface area (Å²) in [6, 6.07) is 20.4. The summed E-state index contributed by atoms with van der Waals surface area (Å²) in [5, 5.41) is 9.07. The van der Waals surface area contributed by atoms with Crippen LogP contribution < -0.4 is 0 Å². The highest BCUT2D eigenvalue weighted by Gasteiger charge is 2.28. The van der Waals surface area contributed by atoms with Crippen molar-refractivity contribution >= 4 is 23.7 Å². The summed E-state index contributed by atoms with van der Waals surface area (Å²) in [5.74, 6) is -0.904. The largest absolute Gasteiger partial charge is 0.478 e. The summed E-state index contributed by atoms with van der Waals surface area (Å²) in [7, 11) is 0. The van der Waals surface area contributed by atoms with Gasteiger partial charge in [-0.25, -0.2) is 4.79 Å². The molecule has 0 aromatic heterocycles. The third kappa shape index (κ3) is 4.39. The van der Waals surface area contributed by atoms with Gasteiger partial charge in [-0.15, -0.1) is 0 Å². The summed E-state index contributed by atoms with van der Waals surface area (Å²) in [4.78, 5) is 11.0. The van der Waals surface area contributed by atoms with Crippen LogP contribution in [0.4, 0.5) is 0 Å². The Labute approximate surface area is 184 Å². The van der Waals surface area contributed by atoms with Crippen LogP contribution in [0.3, 0.4) is 0 Å². The number of rotatable bonds is 4. The molecule has 0 heterocycles. The highest BCUT2D eigenvalue weighted by molar-refractivity contribution is 5.88. The van der Waals surface area contributed by atoms with Gasteiger partial charge in [0.1, 0.15) is 0 Å². The van der Waals surface area contributed by atoms with Gasteiger partial charge in [-0.2, -0.15) is 0 Å². The van der Waals surface area contributed by atoms with Crippen LogP contribution in [-0.2, 0) is 5.41 Å². The smallest absolute Gasteiger partial charge is 0.335 e. The predicted octanol–water partition coefficient (Wildman–Crippen LogP) is 7.29.